The topological polar surface area (TPSA) is 66.4 Å². The lowest BCUT2D eigenvalue weighted by atomic mass is 9.75. The van der Waals surface area contributed by atoms with E-state index < -0.39 is 23.2 Å². The molecule has 0 aromatic heterocycles. The van der Waals surface area contributed by atoms with E-state index in [0.29, 0.717) is 29.5 Å². The smallest absolute Gasteiger partial charge is 0.329 e. The molecule has 1 aliphatic rings. The summed E-state index contributed by atoms with van der Waals surface area (Å²) in [5.74, 6) is -1.84. The molecule has 0 atom stereocenters. The van der Waals surface area contributed by atoms with Crippen molar-refractivity contribution in [3.8, 4) is 0 Å². The van der Waals surface area contributed by atoms with Gasteiger partial charge in [0.1, 0.15) is 11.4 Å². The van der Waals surface area contributed by atoms with Gasteiger partial charge in [-0.1, -0.05) is 43.7 Å². The maximum Gasteiger partial charge on any atom is 0.329 e. The van der Waals surface area contributed by atoms with Gasteiger partial charge in [-0.3, -0.25) is 4.79 Å². The number of carboxylic acids is 1. The molecule has 3 rings (SSSR count). The van der Waals surface area contributed by atoms with Crippen molar-refractivity contribution in [1.82, 2.24) is 5.32 Å². The fourth-order valence-corrected chi connectivity index (χ4v) is 3.66. The highest BCUT2D eigenvalue weighted by molar-refractivity contribution is 6.01. The van der Waals surface area contributed by atoms with Crippen LogP contribution in [0.2, 0.25) is 0 Å². The van der Waals surface area contributed by atoms with E-state index in [2.05, 4.69) is 12.2 Å². The molecule has 0 unspecified atom stereocenters. The summed E-state index contributed by atoms with van der Waals surface area (Å²) in [7, 11) is 0. The number of carbonyl (C=O) groups is 2. The number of rotatable bonds is 4. The second-order valence-corrected chi connectivity index (χ2v) is 6.84. The molecule has 1 saturated carbocycles. The van der Waals surface area contributed by atoms with Gasteiger partial charge in [0, 0.05) is 5.39 Å². The van der Waals surface area contributed by atoms with Gasteiger partial charge in [-0.15, -0.1) is 0 Å². The summed E-state index contributed by atoms with van der Waals surface area (Å²) >= 11 is 0. The maximum atomic E-state index is 14.7. The van der Waals surface area contributed by atoms with Crippen LogP contribution in [0.3, 0.4) is 0 Å². The minimum absolute atomic E-state index is 0.114. The van der Waals surface area contributed by atoms with Crippen LogP contribution in [-0.4, -0.2) is 22.5 Å². The number of carbonyl (C=O) groups excluding carboxylic acids is 1. The van der Waals surface area contributed by atoms with Crippen molar-refractivity contribution in [2.24, 2.45) is 5.92 Å². The van der Waals surface area contributed by atoms with Gasteiger partial charge in [0.2, 0.25) is 0 Å². The second-order valence-electron chi connectivity index (χ2n) is 6.84. The minimum atomic E-state index is -1.30. The van der Waals surface area contributed by atoms with Crippen LogP contribution in [0.25, 0.3) is 10.8 Å². The number of benzene rings is 2. The first-order valence-corrected chi connectivity index (χ1v) is 8.70. The van der Waals surface area contributed by atoms with E-state index in [-0.39, 0.29) is 5.56 Å². The van der Waals surface area contributed by atoms with Crippen LogP contribution in [0.5, 0.6) is 0 Å². The molecule has 132 valence electrons. The van der Waals surface area contributed by atoms with Crippen LogP contribution in [0.15, 0.2) is 36.4 Å². The lowest BCUT2D eigenvalue weighted by molar-refractivity contribution is -0.146. The molecule has 1 amide bonds. The molecule has 4 nitrogen and oxygen atoms in total. The Balaban J connectivity index is 1.88. The quantitative estimate of drug-likeness (QED) is 0.877. The first-order valence-electron chi connectivity index (χ1n) is 8.70. The standard InChI is InChI=1S/C20H22FNO3/c1-2-13-9-11-20(12-10-13,19(24)25)22-18(23)16-8-7-14-5-3-4-6-15(14)17(16)21/h3-8,13H,2,9-12H2,1H3,(H,22,23)(H,24,25). The first kappa shape index (κ1) is 17.4. The van der Waals surface area contributed by atoms with Crippen molar-refractivity contribution in [1.29, 1.82) is 0 Å². The molecular formula is C20H22FNO3. The van der Waals surface area contributed by atoms with Gasteiger partial charge < -0.3 is 10.4 Å². The average molecular weight is 343 g/mol. The second kappa shape index (κ2) is 6.82. The maximum absolute atomic E-state index is 14.7. The van der Waals surface area contributed by atoms with E-state index in [0.717, 1.165) is 19.3 Å². The van der Waals surface area contributed by atoms with Crippen LogP contribution in [0, 0.1) is 11.7 Å². The Bertz CT molecular complexity index is 810. The fourth-order valence-electron chi connectivity index (χ4n) is 3.66. The van der Waals surface area contributed by atoms with Crippen LogP contribution in [0.4, 0.5) is 4.39 Å². The van der Waals surface area contributed by atoms with Crippen molar-refractivity contribution < 1.29 is 19.1 Å². The molecular weight excluding hydrogens is 321 g/mol. The molecule has 1 aliphatic carbocycles. The molecule has 2 N–H and O–H groups in total. The Morgan fingerprint density at radius 1 is 1.20 bits per heavy atom. The number of aliphatic carboxylic acids is 1. The summed E-state index contributed by atoms with van der Waals surface area (Å²) in [6, 6.07) is 9.98. The largest absolute Gasteiger partial charge is 0.480 e. The molecule has 0 radical (unpaired) electrons. The molecule has 0 heterocycles. The predicted molar refractivity (Wildman–Crippen MR) is 94.0 cm³/mol. The number of nitrogens with one attached hydrogen (secondary N) is 1. The zero-order chi connectivity index (χ0) is 18.0. The monoisotopic (exact) mass is 343 g/mol. The average Bonchev–Trinajstić information content (AvgIpc) is 2.62. The molecule has 25 heavy (non-hydrogen) atoms. The molecule has 0 bridgehead atoms. The predicted octanol–water partition coefficient (Wildman–Crippen LogP) is 4.13. The van der Waals surface area contributed by atoms with E-state index in [4.69, 9.17) is 0 Å². The summed E-state index contributed by atoms with van der Waals surface area (Å²) in [6.45, 7) is 2.08. The minimum Gasteiger partial charge on any atom is -0.480 e. The molecule has 0 aliphatic heterocycles. The highest BCUT2D eigenvalue weighted by Crippen LogP contribution is 2.34. The third-order valence-corrected chi connectivity index (χ3v) is 5.41. The number of hydrogen-bond acceptors (Lipinski definition) is 2. The Labute approximate surface area is 146 Å². The van der Waals surface area contributed by atoms with Crippen LogP contribution in [0.1, 0.15) is 49.4 Å². The van der Waals surface area contributed by atoms with Gasteiger partial charge in [-0.25, -0.2) is 9.18 Å². The van der Waals surface area contributed by atoms with Crippen molar-refractivity contribution >= 4 is 22.6 Å². The fraction of sp³-hybridized carbons (Fsp3) is 0.400. The summed E-state index contributed by atoms with van der Waals surface area (Å²) < 4.78 is 14.7. The van der Waals surface area contributed by atoms with Crippen molar-refractivity contribution in [2.75, 3.05) is 0 Å². The van der Waals surface area contributed by atoms with Crippen LogP contribution < -0.4 is 5.32 Å². The van der Waals surface area contributed by atoms with E-state index in [1.165, 1.54) is 6.07 Å². The third kappa shape index (κ3) is 3.23. The summed E-state index contributed by atoms with van der Waals surface area (Å²) in [5.41, 5.74) is -1.42. The van der Waals surface area contributed by atoms with Gasteiger partial charge in [-0.2, -0.15) is 0 Å². The Hall–Kier alpha value is -2.43. The van der Waals surface area contributed by atoms with Crippen LogP contribution >= 0.6 is 0 Å². The number of halogens is 1. The Morgan fingerprint density at radius 2 is 1.88 bits per heavy atom. The van der Waals surface area contributed by atoms with Gasteiger partial charge in [0.25, 0.3) is 5.91 Å². The highest BCUT2D eigenvalue weighted by atomic mass is 19.1. The molecule has 1 fully saturated rings. The van der Waals surface area contributed by atoms with E-state index in [9.17, 15) is 19.1 Å². The zero-order valence-corrected chi connectivity index (χ0v) is 14.2. The molecule has 0 saturated heterocycles. The van der Waals surface area contributed by atoms with Crippen molar-refractivity contribution in [3.63, 3.8) is 0 Å². The SMILES string of the molecule is CCC1CCC(NC(=O)c2ccc3ccccc3c2F)(C(=O)O)CC1. The van der Waals surface area contributed by atoms with Gasteiger partial charge >= 0.3 is 5.97 Å². The van der Waals surface area contributed by atoms with E-state index in [1.807, 2.05) is 0 Å². The molecule has 5 heteroatoms. The lowest BCUT2D eigenvalue weighted by Crippen LogP contribution is -2.56. The molecule has 2 aromatic carbocycles. The van der Waals surface area contributed by atoms with Crippen LogP contribution in [-0.2, 0) is 4.79 Å². The number of carboxylic acid groups (broad SMARTS) is 1. The number of amides is 1. The first-order chi connectivity index (χ1) is 12.0. The Morgan fingerprint density at radius 3 is 2.52 bits per heavy atom. The summed E-state index contributed by atoms with van der Waals surface area (Å²) in [6.07, 6.45) is 3.26. The van der Waals surface area contributed by atoms with E-state index >= 15 is 0 Å². The van der Waals surface area contributed by atoms with Gasteiger partial charge in [-0.05, 0) is 43.1 Å². The third-order valence-electron chi connectivity index (χ3n) is 5.41. The molecule has 0 spiro atoms. The lowest BCUT2D eigenvalue weighted by Gasteiger charge is -2.37. The number of hydrogen-bond donors (Lipinski definition) is 2. The van der Waals surface area contributed by atoms with Gasteiger partial charge in [0.15, 0.2) is 0 Å². The van der Waals surface area contributed by atoms with Crippen molar-refractivity contribution in [2.45, 2.75) is 44.6 Å². The normalized spacial score (nSPS) is 23.4. The van der Waals surface area contributed by atoms with Gasteiger partial charge in [0.05, 0.1) is 5.56 Å². The van der Waals surface area contributed by atoms with Crippen molar-refractivity contribution in [3.05, 3.63) is 47.8 Å². The summed E-state index contributed by atoms with van der Waals surface area (Å²) in [4.78, 5) is 24.5. The molecule has 2 aromatic rings. The van der Waals surface area contributed by atoms with E-state index in [1.54, 1.807) is 30.3 Å². The Kier molecular flexibility index (Phi) is 4.75. The summed E-state index contributed by atoms with van der Waals surface area (Å²) in [5, 5.41) is 13.4. The zero-order valence-electron chi connectivity index (χ0n) is 14.2. The number of fused-ring (bicyclic) bond motifs is 1. The highest BCUT2D eigenvalue weighted by Gasteiger charge is 2.43.